The number of thiophene rings is 1. The fraction of sp³-hybridized carbons (Fsp3) is 0.692. The van der Waals surface area contributed by atoms with Crippen LogP contribution in [0.1, 0.15) is 39.5 Å². The van der Waals surface area contributed by atoms with Crippen LogP contribution < -0.4 is 10.0 Å². The van der Waals surface area contributed by atoms with Crippen LogP contribution in [0.15, 0.2) is 16.3 Å². The normalized spacial score (nSPS) is 14.3. The van der Waals surface area contributed by atoms with Crippen molar-refractivity contribution in [1.29, 1.82) is 0 Å². The van der Waals surface area contributed by atoms with E-state index in [0.29, 0.717) is 16.8 Å². The van der Waals surface area contributed by atoms with Crippen molar-refractivity contribution in [3.05, 3.63) is 17.0 Å². The van der Waals surface area contributed by atoms with Crippen molar-refractivity contribution in [3.8, 4) is 0 Å². The van der Waals surface area contributed by atoms with Crippen LogP contribution >= 0.6 is 11.3 Å². The summed E-state index contributed by atoms with van der Waals surface area (Å²) in [5.41, 5.74) is 0. The quantitative estimate of drug-likeness (QED) is 0.814. The van der Waals surface area contributed by atoms with E-state index in [1.54, 1.807) is 6.07 Å². The van der Waals surface area contributed by atoms with E-state index in [9.17, 15) is 8.42 Å². The van der Waals surface area contributed by atoms with Gasteiger partial charge in [-0.1, -0.05) is 27.7 Å². The van der Waals surface area contributed by atoms with Crippen molar-refractivity contribution in [2.45, 2.75) is 57.5 Å². The second kappa shape index (κ2) is 6.83. The molecule has 0 aliphatic carbocycles. The number of hydrogen-bond donors (Lipinski definition) is 2. The Balaban J connectivity index is 2.74. The predicted molar refractivity (Wildman–Crippen MR) is 80.9 cm³/mol. The van der Waals surface area contributed by atoms with Gasteiger partial charge in [-0.2, -0.15) is 0 Å². The summed E-state index contributed by atoms with van der Waals surface area (Å²) in [6, 6.07) is 3.87. The van der Waals surface area contributed by atoms with Crippen molar-refractivity contribution in [1.82, 2.24) is 10.0 Å². The molecular weight excluding hydrogens is 280 g/mol. The Hall–Kier alpha value is -0.430. The standard InChI is InChI=1S/C13H24N2O2S2/c1-9(2)11(5)15-19(16,17)13-7-6-12(18-13)8-14-10(3)4/h6-7,9-11,14-15H,8H2,1-5H3. The number of nitrogens with one attached hydrogen (secondary N) is 2. The van der Waals surface area contributed by atoms with Crippen LogP contribution in [0.3, 0.4) is 0 Å². The molecule has 1 aromatic heterocycles. The lowest BCUT2D eigenvalue weighted by Gasteiger charge is -2.16. The Morgan fingerprint density at radius 2 is 1.79 bits per heavy atom. The second-order valence-electron chi connectivity index (χ2n) is 5.41. The molecule has 19 heavy (non-hydrogen) atoms. The molecule has 0 radical (unpaired) electrons. The Morgan fingerprint density at radius 3 is 2.32 bits per heavy atom. The molecule has 4 nitrogen and oxygen atoms in total. The van der Waals surface area contributed by atoms with Crippen molar-refractivity contribution in [3.63, 3.8) is 0 Å². The lowest BCUT2D eigenvalue weighted by molar-refractivity contribution is 0.477. The fourth-order valence-electron chi connectivity index (χ4n) is 1.34. The zero-order valence-electron chi connectivity index (χ0n) is 12.2. The van der Waals surface area contributed by atoms with Gasteiger partial charge in [0.15, 0.2) is 0 Å². The summed E-state index contributed by atoms with van der Waals surface area (Å²) in [5.74, 6) is 0.275. The van der Waals surface area contributed by atoms with E-state index >= 15 is 0 Å². The smallest absolute Gasteiger partial charge is 0.250 e. The Kier molecular flexibility index (Phi) is 5.98. The molecule has 2 N–H and O–H groups in total. The van der Waals surface area contributed by atoms with Crippen LogP contribution in [0, 0.1) is 5.92 Å². The average Bonchev–Trinajstić information content (AvgIpc) is 2.74. The first-order valence-electron chi connectivity index (χ1n) is 6.57. The molecule has 0 fully saturated rings. The van der Waals surface area contributed by atoms with Gasteiger partial charge in [-0.15, -0.1) is 11.3 Å². The first kappa shape index (κ1) is 16.6. The molecule has 0 saturated heterocycles. The molecule has 0 bridgehead atoms. The maximum Gasteiger partial charge on any atom is 0.250 e. The summed E-state index contributed by atoms with van der Waals surface area (Å²) in [4.78, 5) is 1.03. The highest BCUT2D eigenvalue weighted by atomic mass is 32.2. The molecule has 0 amide bonds. The third-order valence-electron chi connectivity index (χ3n) is 2.93. The fourth-order valence-corrected chi connectivity index (χ4v) is 4.06. The van der Waals surface area contributed by atoms with Gasteiger partial charge >= 0.3 is 0 Å². The Bertz CT molecular complexity index is 492. The maximum absolute atomic E-state index is 12.2. The maximum atomic E-state index is 12.2. The summed E-state index contributed by atoms with van der Waals surface area (Å²) in [6.45, 7) is 10.7. The van der Waals surface area contributed by atoms with E-state index in [2.05, 4.69) is 23.9 Å². The van der Waals surface area contributed by atoms with Gasteiger partial charge in [0.05, 0.1) is 0 Å². The molecule has 0 saturated carbocycles. The number of hydrogen-bond acceptors (Lipinski definition) is 4. The minimum absolute atomic E-state index is 0.0654. The van der Waals surface area contributed by atoms with E-state index in [4.69, 9.17) is 0 Å². The molecule has 0 aliphatic rings. The highest BCUT2D eigenvalue weighted by molar-refractivity contribution is 7.91. The van der Waals surface area contributed by atoms with Crippen molar-refractivity contribution in [2.24, 2.45) is 5.92 Å². The summed E-state index contributed by atoms with van der Waals surface area (Å²) in [7, 11) is -3.38. The third kappa shape index (κ3) is 5.22. The molecule has 0 spiro atoms. The largest absolute Gasteiger partial charge is 0.310 e. The molecule has 0 aliphatic heterocycles. The van der Waals surface area contributed by atoms with Crippen LogP contribution in [-0.4, -0.2) is 20.5 Å². The minimum Gasteiger partial charge on any atom is -0.310 e. The van der Waals surface area contributed by atoms with E-state index in [0.717, 1.165) is 4.88 Å². The SMILES string of the molecule is CC(C)NCc1ccc(S(=O)(=O)NC(C)C(C)C)s1. The topological polar surface area (TPSA) is 58.2 Å². The second-order valence-corrected chi connectivity index (χ2v) is 8.52. The highest BCUT2D eigenvalue weighted by Gasteiger charge is 2.20. The van der Waals surface area contributed by atoms with Crippen molar-refractivity contribution >= 4 is 21.4 Å². The molecule has 1 unspecified atom stereocenters. The lowest BCUT2D eigenvalue weighted by atomic mass is 10.1. The van der Waals surface area contributed by atoms with Gasteiger partial charge in [-0.3, -0.25) is 0 Å². The zero-order valence-corrected chi connectivity index (χ0v) is 13.9. The van der Waals surface area contributed by atoms with Gasteiger partial charge in [0.1, 0.15) is 4.21 Å². The van der Waals surface area contributed by atoms with Crippen LogP contribution in [0.2, 0.25) is 0 Å². The molecule has 1 rings (SSSR count). The first-order valence-corrected chi connectivity index (χ1v) is 8.86. The monoisotopic (exact) mass is 304 g/mol. The van der Waals surface area contributed by atoms with Crippen molar-refractivity contribution in [2.75, 3.05) is 0 Å². The molecule has 1 heterocycles. The van der Waals surface area contributed by atoms with Gasteiger partial charge in [-0.25, -0.2) is 13.1 Å². The van der Waals surface area contributed by atoms with E-state index in [-0.39, 0.29) is 12.0 Å². The summed E-state index contributed by atoms with van der Waals surface area (Å²) in [6.07, 6.45) is 0. The van der Waals surface area contributed by atoms with Crippen LogP contribution in [-0.2, 0) is 16.6 Å². The number of rotatable bonds is 7. The van der Waals surface area contributed by atoms with E-state index < -0.39 is 10.0 Å². The lowest BCUT2D eigenvalue weighted by Crippen LogP contribution is -2.35. The van der Waals surface area contributed by atoms with Gasteiger partial charge in [0, 0.05) is 23.5 Å². The highest BCUT2D eigenvalue weighted by Crippen LogP contribution is 2.22. The van der Waals surface area contributed by atoms with Crippen LogP contribution in [0.5, 0.6) is 0 Å². The van der Waals surface area contributed by atoms with Gasteiger partial charge < -0.3 is 5.32 Å². The predicted octanol–water partition coefficient (Wildman–Crippen LogP) is 2.57. The Labute approximate surface area is 120 Å². The third-order valence-corrected chi connectivity index (χ3v) is 6.06. The summed E-state index contributed by atoms with van der Waals surface area (Å²) in [5, 5.41) is 3.28. The number of sulfonamides is 1. The van der Waals surface area contributed by atoms with Crippen LogP contribution in [0.25, 0.3) is 0 Å². The molecule has 1 aromatic rings. The average molecular weight is 304 g/mol. The minimum atomic E-state index is -3.38. The van der Waals surface area contributed by atoms with Crippen LogP contribution in [0.4, 0.5) is 0 Å². The summed E-state index contributed by atoms with van der Waals surface area (Å²) >= 11 is 1.32. The summed E-state index contributed by atoms with van der Waals surface area (Å²) < 4.78 is 27.5. The zero-order chi connectivity index (χ0) is 14.6. The molecule has 110 valence electrons. The van der Waals surface area contributed by atoms with E-state index in [1.807, 2.05) is 26.8 Å². The van der Waals surface area contributed by atoms with Crippen molar-refractivity contribution < 1.29 is 8.42 Å². The molecule has 6 heteroatoms. The Morgan fingerprint density at radius 1 is 1.16 bits per heavy atom. The van der Waals surface area contributed by atoms with Gasteiger partial charge in [-0.05, 0) is 25.0 Å². The van der Waals surface area contributed by atoms with Gasteiger partial charge in [0.2, 0.25) is 10.0 Å². The first-order chi connectivity index (χ1) is 8.72. The molecular formula is C13H24N2O2S2. The van der Waals surface area contributed by atoms with Gasteiger partial charge in [0.25, 0.3) is 0 Å². The molecule has 0 aromatic carbocycles. The van der Waals surface area contributed by atoms with E-state index in [1.165, 1.54) is 11.3 Å². The molecule has 1 atom stereocenters.